The number of nitrogens with zero attached hydrogens (tertiary/aromatic N) is 2. The Balaban J connectivity index is 2.69. The molecule has 1 aromatic carbocycles. The van der Waals surface area contributed by atoms with Gasteiger partial charge >= 0.3 is 6.18 Å². The van der Waals surface area contributed by atoms with E-state index in [4.69, 9.17) is 34.8 Å². The molecule has 0 amide bonds. The molecular formula is C11H8Cl3F3N2. The number of hydrogen-bond acceptors (Lipinski definition) is 1. The maximum Gasteiger partial charge on any atom is 0.406 e. The van der Waals surface area contributed by atoms with Crippen molar-refractivity contribution in [1.29, 1.82) is 0 Å². The van der Waals surface area contributed by atoms with Gasteiger partial charge in [0.25, 0.3) is 0 Å². The molecule has 0 aliphatic heterocycles. The summed E-state index contributed by atoms with van der Waals surface area (Å²) >= 11 is 17.5. The largest absolute Gasteiger partial charge is 0.406 e. The smallest absolute Gasteiger partial charge is 0.317 e. The molecule has 1 atom stereocenters. The molecule has 1 heterocycles. The summed E-state index contributed by atoms with van der Waals surface area (Å²) in [7, 11) is 0. The quantitative estimate of drug-likeness (QED) is 0.691. The Morgan fingerprint density at radius 2 is 1.84 bits per heavy atom. The van der Waals surface area contributed by atoms with Gasteiger partial charge in [0.05, 0.1) is 26.5 Å². The van der Waals surface area contributed by atoms with E-state index in [1.807, 2.05) is 0 Å². The van der Waals surface area contributed by atoms with Crippen molar-refractivity contribution in [2.24, 2.45) is 0 Å². The van der Waals surface area contributed by atoms with Gasteiger partial charge < -0.3 is 4.57 Å². The fourth-order valence-electron chi connectivity index (χ4n) is 1.79. The Hall–Kier alpha value is -0.650. The maximum absolute atomic E-state index is 12.6. The van der Waals surface area contributed by atoms with E-state index in [0.717, 1.165) is 4.57 Å². The number of rotatable bonds is 2. The standard InChI is InChI=1S/C11H8Cl3F3N2/c1-5(12)10-18-8-2-6(13)7(14)3-9(8)19(10)4-11(15,16)17/h2-3,5H,4H2,1H3. The summed E-state index contributed by atoms with van der Waals surface area (Å²) in [5, 5.41) is -0.252. The average Bonchev–Trinajstić information content (AvgIpc) is 2.56. The lowest BCUT2D eigenvalue weighted by Crippen LogP contribution is -2.19. The summed E-state index contributed by atoms with van der Waals surface area (Å²) in [6, 6.07) is 2.79. The first-order chi connectivity index (χ1) is 8.69. The number of alkyl halides is 4. The third kappa shape index (κ3) is 3.09. The molecule has 1 aromatic heterocycles. The first-order valence-corrected chi connectivity index (χ1v) is 6.44. The predicted octanol–water partition coefficient (Wildman–Crippen LogP) is 5.21. The van der Waals surface area contributed by atoms with Crippen LogP contribution in [0.2, 0.25) is 10.0 Å². The van der Waals surface area contributed by atoms with Crippen LogP contribution in [-0.4, -0.2) is 15.7 Å². The number of benzene rings is 1. The van der Waals surface area contributed by atoms with Gasteiger partial charge in [0.2, 0.25) is 0 Å². The molecular weight excluding hydrogens is 323 g/mol. The van der Waals surface area contributed by atoms with Crippen LogP contribution in [-0.2, 0) is 6.54 Å². The number of imidazole rings is 1. The number of aromatic nitrogens is 2. The zero-order valence-electron chi connectivity index (χ0n) is 9.60. The highest BCUT2D eigenvalue weighted by Crippen LogP contribution is 2.32. The van der Waals surface area contributed by atoms with Crippen LogP contribution >= 0.6 is 34.8 Å². The Morgan fingerprint density at radius 3 is 2.37 bits per heavy atom. The van der Waals surface area contributed by atoms with Crippen LogP contribution < -0.4 is 0 Å². The number of fused-ring (bicyclic) bond motifs is 1. The number of hydrogen-bond donors (Lipinski definition) is 0. The highest BCUT2D eigenvalue weighted by molar-refractivity contribution is 6.42. The Kier molecular flexibility index (Phi) is 3.91. The van der Waals surface area contributed by atoms with Crippen LogP contribution in [0, 0.1) is 0 Å². The first-order valence-electron chi connectivity index (χ1n) is 5.25. The van der Waals surface area contributed by atoms with E-state index < -0.39 is 18.1 Å². The van der Waals surface area contributed by atoms with Crippen molar-refractivity contribution in [1.82, 2.24) is 9.55 Å². The Bertz CT molecular complexity index is 620. The van der Waals surface area contributed by atoms with Gasteiger partial charge in [0.15, 0.2) is 0 Å². The van der Waals surface area contributed by atoms with Gasteiger partial charge in [-0.15, -0.1) is 11.6 Å². The highest BCUT2D eigenvalue weighted by Gasteiger charge is 2.31. The molecule has 0 bridgehead atoms. The molecule has 0 aliphatic carbocycles. The van der Waals surface area contributed by atoms with E-state index in [2.05, 4.69) is 4.98 Å². The summed E-state index contributed by atoms with van der Waals surface area (Å²) in [4.78, 5) is 4.09. The minimum atomic E-state index is -4.37. The van der Waals surface area contributed by atoms with Crippen molar-refractivity contribution in [2.75, 3.05) is 0 Å². The molecule has 0 N–H and O–H groups in total. The van der Waals surface area contributed by atoms with Gasteiger partial charge in [-0.25, -0.2) is 4.98 Å². The van der Waals surface area contributed by atoms with E-state index in [-0.39, 0.29) is 21.4 Å². The lowest BCUT2D eigenvalue weighted by Gasteiger charge is -2.13. The molecule has 2 aromatic rings. The van der Waals surface area contributed by atoms with Gasteiger partial charge in [-0.3, -0.25) is 0 Å². The second kappa shape index (κ2) is 5.04. The van der Waals surface area contributed by atoms with E-state index >= 15 is 0 Å². The summed E-state index contributed by atoms with van der Waals surface area (Å²) in [6.45, 7) is 0.382. The molecule has 0 aliphatic rings. The summed E-state index contributed by atoms with van der Waals surface area (Å²) < 4.78 is 38.9. The van der Waals surface area contributed by atoms with Crippen molar-refractivity contribution in [3.05, 3.63) is 28.0 Å². The molecule has 0 fully saturated rings. The molecule has 1 unspecified atom stereocenters. The SMILES string of the molecule is CC(Cl)c1nc2cc(Cl)c(Cl)cc2n1CC(F)(F)F. The topological polar surface area (TPSA) is 17.8 Å². The van der Waals surface area contributed by atoms with E-state index in [9.17, 15) is 13.2 Å². The van der Waals surface area contributed by atoms with Crippen LogP contribution in [0.25, 0.3) is 11.0 Å². The normalized spacial score (nSPS) is 14.1. The minimum absolute atomic E-state index is 0.132. The van der Waals surface area contributed by atoms with Gasteiger partial charge in [-0.05, 0) is 19.1 Å². The van der Waals surface area contributed by atoms with Crippen LogP contribution in [0.15, 0.2) is 12.1 Å². The Morgan fingerprint density at radius 1 is 1.26 bits per heavy atom. The van der Waals surface area contributed by atoms with Gasteiger partial charge in [-0.1, -0.05) is 23.2 Å². The van der Waals surface area contributed by atoms with Crippen LogP contribution in [0.3, 0.4) is 0 Å². The van der Waals surface area contributed by atoms with Gasteiger partial charge in [-0.2, -0.15) is 13.2 Å². The average molecular weight is 332 g/mol. The number of halogens is 6. The van der Waals surface area contributed by atoms with Crippen LogP contribution in [0.5, 0.6) is 0 Å². The first kappa shape index (κ1) is 14.8. The molecule has 2 nitrogen and oxygen atoms in total. The van der Waals surface area contributed by atoms with Crippen molar-refractivity contribution in [3.8, 4) is 0 Å². The molecule has 19 heavy (non-hydrogen) atoms. The van der Waals surface area contributed by atoms with Crippen molar-refractivity contribution in [3.63, 3.8) is 0 Å². The van der Waals surface area contributed by atoms with Gasteiger partial charge in [0.1, 0.15) is 12.4 Å². The fourth-order valence-corrected chi connectivity index (χ4v) is 2.27. The second-order valence-electron chi connectivity index (χ2n) is 4.04. The summed E-state index contributed by atoms with van der Waals surface area (Å²) in [6.07, 6.45) is -4.37. The van der Waals surface area contributed by atoms with E-state index in [1.54, 1.807) is 6.92 Å². The lowest BCUT2D eigenvalue weighted by atomic mass is 10.3. The van der Waals surface area contributed by atoms with Crippen LogP contribution in [0.1, 0.15) is 18.1 Å². The Labute approximate surface area is 122 Å². The molecule has 0 saturated heterocycles. The van der Waals surface area contributed by atoms with Crippen molar-refractivity contribution >= 4 is 45.8 Å². The minimum Gasteiger partial charge on any atom is -0.317 e. The fraction of sp³-hybridized carbons (Fsp3) is 0.364. The van der Waals surface area contributed by atoms with Crippen molar-refractivity contribution in [2.45, 2.75) is 25.0 Å². The molecule has 104 valence electrons. The second-order valence-corrected chi connectivity index (χ2v) is 5.51. The summed E-state index contributed by atoms with van der Waals surface area (Å²) in [5.41, 5.74) is 0.593. The van der Waals surface area contributed by atoms with Crippen LogP contribution in [0.4, 0.5) is 13.2 Å². The zero-order valence-corrected chi connectivity index (χ0v) is 11.9. The van der Waals surface area contributed by atoms with Gasteiger partial charge in [0, 0.05) is 0 Å². The van der Waals surface area contributed by atoms with E-state index in [1.165, 1.54) is 12.1 Å². The van der Waals surface area contributed by atoms with Crippen molar-refractivity contribution < 1.29 is 13.2 Å². The molecule has 2 rings (SSSR count). The third-order valence-corrected chi connectivity index (χ3v) is 3.43. The predicted molar refractivity (Wildman–Crippen MR) is 70.1 cm³/mol. The highest BCUT2D eigenvalue weighted by atomic mass is 35.5. The maximum atomic E-state index is 12.6. The molecule has 0 spiro atoms. The monoisotopic (exact) mass is 330 g/mol. The third-order valence-electron chi connectivity index (χ3n) is 2.51. The van der Waals surface area contributed by atoms with E-state index in [0.29, 0.717) is 5.52 Å². The molecule has 8 heteroatoms. The molecule has 0 radical (unpaired) electrons. The molecule has 0 saturated carbocycles. The zero-order chi connectivity index (χ0) is 14.4. The summed E-state index contributed by atoms with van der Waals surface area (Å²) in [5.74, 6) is 0.132. The lowest BCUT2D eigenvalue weighted by molar-refractivity contribution is -0.140.